The minimum Gasteiger partial charge on any atom is -0.331 e. The molecule has 2 aliphatic rings. The Bertz CT molecular complexity index is 756. The molecule has 4 amide bonds. The van der Waals surface area contributed by atoms with Crippen molar-refractivity contribution in [3.8, 4) is 0 Å². The van der Waals surface area contributed by atoms with Crippen molar-refractivity contribution in [2.45, 2.75) is 38.8 Å². The van der Waals surface area contributed by atoms with Crippen LogP contribution in [0.5, 0.6) is 0 Å². The van der Waals surface area contributed by atoms with E-state index in [0.29, 0.717) is 18.5 Å². The Labute approximate surface area is 140 Å². The highest BCUT2D eigenvalue weighted by Crippen LogP contribution is 2.28. The van der Waals surface area contributed by atoms with Gasteiger partial charge in [0, 0.05) is 18.5 Å². The third-order valence-electron chi connectivity index (χ3n) is 4.54. The first kappa shape index (κ1) is 16.2. The van der Waals surface area contributed by atoms with E-state index in [1.807, 2.05) is 25.1 Å². The summed E-state index contributed by atoms with van der Waals surface area (Å²) in [6.07, 6.45) is 1.16. The first-order chi connectivity index (χ1) is 11.3. The lowest BCUT2D eigenvalue weighted by atomic mass is 9.91. The summed E-state index contributed by atoms with van der Waals surface area (Å²) in [7, 11) is 0. The van der Waals surface area contributed by atoms with Crippen LogP contribution in [0.1, 0.15) is 41.8 Å². The monoisotopic (exact) mass is 327 g/mol. The lowest BCUT2D eigenvalue weighted by Crippen LogP contribution is -2.55. The molecule has 1 aromatic carbocycles. The number of imide groups is 1. The van der Waals surface area contributed by atoms with E-state index in [2.05, 4.69) is 17.2 Å². The van der Waals surface area contributed by atoms with Gasteiger partial charge in [-0.15, -0.1) is 6.58 Å². The Morgan fingerprint density at radius 2 is 2.08 bits per heavy atom. The number of nitrogens with one attached hydrogen (secondary N) is 2. The number of aryl methyl sites for hydroxylation is 1. The summed E-state index contributed by atoms with van der Waals surface area (Å²) < 4.78 is 0. The quantitative estimate of drug-likeness (QED) is 0.639. The Morgan fingerprint density at radius 1 is 1.33 bits per heavy atom. The van der Waals surface area contributed by atoms with Gasteiger partial charge in [0.2, 0.25) is 0 Å². The number of carbonyl (C=O) groups excluding carboxylic acids is 3. The molecule has 1 saturated heterocycles. The fourth-order valence-corrected chi connectivity index (χ4v) is 3.42. The topological polar surface area (TPSA) is 78.5 Å². The van der Waals surface area contributed by atoms with E-state index >= 15 is 0 Å². The lowest BCUT2D eigenvalue weighted by molar-refractivity contribution is -0.124. The van der Waals surface area contributed by atoms with Crippen LogP contribution in [0, 0.1) is 0 Å². The molecule has 0 aromatic heterocycles. The third kappa shape index (κ3) is 2.68. The standard InChI is InChI=1S/C18H21N3O3/c1-4-12-5-6-13-9-21(15(22)14(13)7-12)10-18(8-11(2)3)16(23)19-17(24)20-18/h5-7H,2,4,8-10H2,1,3H3,(H2,19,20,23,24). The number of fused-ring (bicyclic) bond motifs is 1. The molecular formula is C18H21N3O3. The SMILES string of the molecule is C=C(C)CC1(CN2Cc3ccc(CC)cc3C2=O)NC(=O)NC1=O. The van der Waals surface area contributed by atoms with Crippen molar-refractivity contribution in [3.05, 3.63) is 47.0 Å². The maximum Gasteiger partial charge on any atom is 0.322 e. The van der Waals surface area contributed by atoms with Gasteiger partial charge in [0.05, 0.1) is 6.54 Å². The minimum absolute atomic E-state index is 0.102. The highest BCUT2D eigenvalue weighted by atomic mass is 16.2. The van der Waals surface area contributed by atoms with Crippen LogP contribution in [-0.4, -0.2) is 34.8 Å². The van der Waals surface area contributed by atoms with Gasteiger partial charge in [-0.2, -0.15) is 0 Å². The van der Waals surface area contributed by atoms with Crippen molar-refractivity contribution in [2.24, 2.45) is 0 Å². The predicted molar refractivity (Wildman–Crippen MR) is 89.4 cm³/mol. The van der Waals surface area contributed by atoms with E-state index in [4.69, 9.17) is 0 Å². The molecule has 2 heterocycles. The minimum atomic E-state index is -1.14. The van der Waals surface area contributed by atoms with E-state index in [9.17, 15) is 14.4 Å². The average Bonchev–Trinajstić information content (AvgIpc) is 2.95. The number of urea groups is 1. The first-order valence-corrected chi connectivity index (χ1v) is 8.03. The molecule has 6 heteroatoms. The summed E-state index contributed by atoms with van der Waals surface area (Å²) >= 11 is 0. The number of hydrogen-bond donors (Lipinski definition) is 2. The highest BCUT2D eigenvalue weighted by molar-refractivity contribution is 6.08. The molecule has 1 unspecified atom stereocenters. The van der Waals surface area contributed by atoms with Crippen molar-refractivity contribution in [2.75, 3.05) is 6.54 Å². The van der Waals surface area contributed by atoms with Gasteiger partial charge in [-0.05, 0) is 30.5 Å². The van der Waals surface area contributed by atoms with Crippen LogP contribution in [-0.2, 0) is 17.8 Å². The summed E-state index contributed by atoms with van der Waals surface area (Å²) in [5.74, 6) is -0.510. The molecular weight excluding hydrogens is 306 g/mol. The molecule has 0 saturated carbocycles. The van der Waals surface area contributed by atoms with Gasteiger partial charge in [-0.3, -0.25) is 14.9 Å². The number of benzene rings is 1. The number of rotatable bonds is 5. The van der Waals surface area contributed by atoms with Gasteiger partial charge in [0.1, 0.15) is 5.54 Å². The van der Waals surface area contributed by atoms with Crippen molar-refractivity contribution in [1.82, 2.24) is 15.5 Å². The predicted octanol–water partition coefficient (Wildman–Crippen LogP) is 1.75. The van der Waals surface area contributed by atoms with Crippen LogP contribution in [0.2, 0.25) is 0 Å². The lowest BCUT2D eigenvalue weighted by Gasteiger charge is -2.31. The van der Waals surface area contributed by atoms with E-state index < -0.39 is 17.5 Å². The van der Waals surface area contributed by atoms with Gasteiger partial charge >= 0.3 is 6.03 Å². The summed E-state index contributed by atoms with van der Waals surface area (Å²) in [5.41, 5.74) is 2.36. The summed E-state index contributed by atoms with van der Waals surface area (Å²) in [6, 6.07) is 5.36. The van der Waals surface area contributed by atoms with Crippen molar-refractivity contribution in [1.29, 1.82) is 0 Å². The van der Waals surface area contributed by atoms with Gasteiger partial charge < -0.3 is 10.2 Å². The number of carbonyl (C=O) groups is 3. The van der Waals surface area contributed by atoms with Crippen LogP contribution in [0.15, 0.2) is 30.4 Å². The fourth-order valence-electron chi connectivity index (χ4n) is 3.42. The maximum absolute atomic E-state index is 12.7. The second-order valence-corrected chi connectivity index (χ2v) is 6.63. The molecule has 0 aliphatic carbocycles. The molecule has 6 nitrogen and oxygen atoms in total. The van der Waals surface area contributed by atoms with Gasteiger partial charge in [0.15, 0.2) is 0 Å². The number of hydrogen-bond acceptors (Lipinski definition) is 3. The van der Waals surface area contributed by atoms with E-state index in [0.717, 1.165) is 23.1 Å². The fraction of sp³-hybridized carbons (Fsp3) is 0.389. The molecule has 126 valence electrons. The summed E-state index contributed by atoms with van der Waals surface area (Å²) in [5, 5.41) is 4.96. The van der Waals surface area contributed by atoms with E-state index in [-0.39, 0.29) is 12.5 Å². The molecule has 1 atom stereocenters. The highest BCUT2D eigenvalue weighted by Gasteiger charge is 2.48. The van der Waals surface area contributed by atoms with E-state index in [1.54, 1.807) is 11.8 Å². The Hall–Kier alpha value is -2.63. The van der Waals surface area contributed by atoms with Crippen LogP contribution in [0.3, 0.4) is 0 Å². The zero-order chi connectivity index (χ0) is 17.5. The molecule has 1 aromatic rings. The molecule has 2 aliphatic heterocycles. The first-order valence-electron chi connectivity index (χ1n) is 8.03. The normalized spacial score (nSPS) is 22.4. The second-order valence-electron chi connectivity index (χ2n) is 6.63. The zero-order valence-electron chi connectivity index (χ0n) is 13.9. The van der Waals surface area contributed by atoms with Gasteiger partial charge in [-0.1, -0.05) is 24.6 Å². The maximum atomic E-state index is 12.7. The van der Waals surface area contributed by atoms with Crippen LogP contribution in [0.4, 0.5) is 4.79 Å². The van der Waals surface area contributed by atoms with Gasteiger partial charge in [0.25, 0.3) is 11.8 Å². The third-order valence-corrected chi connectivity index (χ3v) is 4.54. The molecule has 24 heavy (non-hydrogen) atoms. The molecule has 0 spiro atoms. The van der Waals surface area contributed by atoms with Crippen LogP contribution >= 0.6 is 0 Å². The smallest absolute Gasteiger partial charge is 0.322 e. The summed E-state index contributed by atoms with van der Waals surface area (Å²) in [4.78, 5) is 38.3. The van der Waals surface area contributed by atoms with Crippen molar-refractivity contribution >= 4 is 17.8 Å². The molecule has 3 rings (SSSR count). The van der Waals surface area contributed by atoms with Crippen molar-refractivity contribution < 1.29 is 14.4 Å². The second kappa shape index (κ2) is 5.78. The average molecular weight is 327 g/mol. The van der Waals surface area contributed by atoms with Gasteiger partial charge in [-0.25, -0.2) is 4.79 Å². The Balaban J connectivity index is 1.87. The number of amides is 4. The molecule has 0 bridgehead atoms. The largest absolute Gasteiger partial charge is 0.331 e. The van der Waals surface area contributed by atoms with Crippen LogP contribution < -0.4 is 10.6 Å². The molecule has 2 N–H and O–H groups in total. The Kier molecular flexibility index (Phi) is 3.91. The number of nitrogens with zero attached hydrogens (tertiary/aromatic N) is 1. The van der Waals surface area contributed by atoms with E-state index in [1.165, 1.54) is 0 Å². The molecule has 0 radical (unpaired) electrons. The Morgan fingerprint density at radius 3 is 2.67 bits per heavy atom. The molecule has 1 fully saturated rings. The summed E-state index contributed by atoms with van der Waals surface area (Å²) in [6.45, 7) is 8.26. The van der Waals surface area contributed by atoms with Crippen molar-refractivity contribution in [3.63, 3.8) is 0 Å². The van der Waals surface area contributed by atoms with Crippen LogP contribution in [0.25, 0.3) is 0 Å². The zero-order valence-corrected chi connectivity index (χ0v) is 13.9.